The van der Waals surface area contributed by atoms with E-state index in [1.54, 1.807) is 31.4 Å². The van der Waals surface area contributed by atoms with Gasteiger partial charge in [0.2, 0.25) is 4.34 Å². The molecule has 0 fully saturated rings. The zero-order valence-electron chi connectivity index (χ0n) is 11.2. The highest BCUT2D eigenvalue weighted by Gasteiger charge is 2.30. The van der Waals surface area contributed by atoms with E-state index in [0.717, 1.165) is 16.9 Å². The molecule has 2 rings (SSSR count). The molecule has 4 nitrogen and oxygen atoms in total. The Bertz CT molecular complexity index is 654. The lowest BCUT2D eigenvalue weighted by molar-refractivity contribution is 0.356. The van der Waals surface area contributed by atoms with Crippen LogP contribution in [0, 0.1) is 5.82 Å². The third-order valence-electron chi connectivity index (χ3n) is 3.04. The molecule has 1 unspecified atom stereocenters. The van der Waals surface area contributed by atoms with Gasteiger partial charge in [-0.05, 0) is 24.6 Å². The Morgan fingerprint density at radius 2 is 2.00 bits per heavy atom. The first-order valence-corrected chi connectivity index (χ1v) is 8.45. The first kappa shape index (κ1) is 15.1. The number of sulfonamides is 1. The van der Waals surface area contributed by atoms with Gasteiger partial charge in [-0.25, -0.2) is 17.8 Å². The summed E-state index contributed by atoms with van der Waals surface area (Å²) in [7, 11) is -3.62. The second-order valence-electron chi connectivity index (χ2n) is 4.23. The van der Waals surface area contributed by atoms with Crippen LogP contribution in [-0.2, 0) is 10.0 Å². The van der Waals surface area contributed by atoms with Gasteiger partial charge in [0.25, 0.3) is 10.0 Å². The highest BCUT2D eigenvalue weighted by Crippen LogP contribution is 2.28. The van der Waals surface area contributed by atoms with E-state index in [4.69, 9.17) is 0 Å². The van der Waals surface area contributed by atoms with E-state index in [-0.39, 0.29) is 16.2 Å². The standard InChI is InChI=1S/C13H15FN2O2S2/c1-3-16(20(17,18)13-15-8-9-19-13)10(2)11-4-6-12(14)7-5-11/h4-10H,3H2,1-2H3. The topological polar surface area (TPSA) is 50.3 Å². The largest absolute Gasteiger partial charge is 0.270 e. The van der Waals surface area contributed by atoms with Crippen molar-refractivity contribution in [2.24, 2.45) is 0 Å². The fourth-order valence-electron chi connectivity index (χ4n) is 2.00. The summed E-state index contributed by atoms with van der Waals surface area (Å²) >= 11 is 1.09. The van der Waals surface area contributed by atoms with Crippen LogP contribution in [-0.4, -0.2) is 24.3 Å². The highest BCUT2D eigenvalue weighted by atomic mass is 32.2. The lowest BCUT2D eigenvalue weighted by Gasteiger charge is -2.26. The minimum atomic E-state index is -3.62. The predicted octanol–water partition coefficient (Wildman–Crippen LogP) is 3.05. The Balaban J connectivity index is 2.35. The average Bonchev–Trinajstić information content (AvgIpc) is 2.94. The van der Waals surface area contributed by atoms with E-state index in [1.807, 2.05) is 0 Å². The molecular formula is C13H15FN2O2S2. The van der Waals surface area contributed by atoms with E-state index in [9.17, 15) is 12.8 Å². The number of hydrogen-bond acceptors (Lipinski definition) is 4. The van der Waals surface area contributed by atoms with Crippen LogP contribution in [0.5, 0.6) is 0 Å². The van der Waals surface area contributed by atoms with Gasteiger partial charge in [0.1, 0.15) is 5.82 Å². The van der Waals surface area contributed by atoms with Crippen molar-refractivity contribution in [3.63, 3.8) is 0 Å². The molecule has 0 radical (unpaired) electrons. The fourth-order valence-corrected chi connectivity index (χ4v) is 4.57. The molecule has 0 amide bonds. The number of aromatic nitrogens is 1. The van der Waals surface area contributed by atoms with Crippen LogP contribution in [0.3, 0.4) is 0 Å². The third-order valence-corrected chi connectivity index (χ3v) is 6.26. The maximum absolute atomic E-state index is 13.0. The molecule has 108 valence electrons. The summed E-state index contributed by atoms with van der Waals surface area (Å²) < 4.78 is 39.4. The van der Waals surface area contributed by atoms with Crippen LogP contribution in [0.2, 0.25) is 0 Å². The van der Waals surface area contributed by atoms with Gasteiger partial charge in [0.05, 0.1) is 0 Å². The summed E-state index contributed by atoms with van der Waals surface area (Å²) in [6.45, 7) is 3.87. The summed E-state index contributed by atoms with van der Waals surface area (Å²) in [5.41, 5.74) is 0.744. The van der Waals surface area contributed by atoms with Crippen molar-refractivity contribution in [3.8, 4) is 0 Å². The summed E-state index contributed by atoms with van der Waals surface area (Å²) in [4.78, 5) is 3.88. The van der Waals surface area contributed by atoms with Crippen molar-refractivity contribution >= 4 is 21.4 Å². The zero-order valence-corrected chi connectivity index (χ0v) is 12.8. The molecule has 0 aliphatic heterocycles. The molecule has 0 N–H and O–H groups in total. The smallest absolute Gasteiger partial charge is 0.233 e. The van der Waals surface area contributed by atoms with Crippen molar-refractivity contribution in [1.29, 1.82) is 0 Å². The Morgan fingerprint density at radius 1 is 1.35 bits per heavy atom. The fraction of sp³-hybridized carbons (Fsp3) is 0.308. The number of thiazole rings is 1. The molecule has 1 heterocycles. The Morgan fingerprint density at radius 3 is 2.50 bits per heavy atom. The molecule has 0 saturated carbocycles. The maximum atomic E-state index is 13.0. The van der Waals surface area contributed by atoms with Crippen LogP contribution in [0.15, 0.2) is 40.2 Å². The van der Waals surface area contributed by atoms with E-state index in [0.29, 0.717) is 6.54 Å². The minimum Gasteiger partial charge on any atom is -0.233 e. The summed E-state index contributed by atoms with van der Waals surface area (Å²) in [5.74, 6) is -0.341. The number of rotatable bonds is 5. The molecule has 20 heavy (non-hydrogen) atoms. The summed E-state index contributed by atoms with van der Waals surface area (Å²) in [6.07, 6.45) is 1.47. The molecule has 7 heteroatoms. The lowest BCUT2D eigenvalue weighted by Crippen LogP contribution is -2.33. The van der Waals surface area contributed by atoms with Crippen molar-refractivity contribution in [2.45, 2.75) is 24.2 Å². The molecule has 1 atom stereocenters. The highest BCUT2D eigenvalue weighted by molar-refractivity contribution is 7.91. The van der Waals surface area contributed by atoms with Gasteiger partial charge in [0, 0.05) is 24.2 Å². The lowest BCUT2D eigenvalue weighted by atomic mass is 10.1. The zero-order chi connectivity index (χ0) is 14.8. The van der Waals surface area contributed by atoms with Gasteiger partial charge in [0.15, 0.2) is 0 Å². The minimum absolute atomic E-state index is 0.0771. The third kappa shape index (κ3) is 2.89. The Hall–Kier alpha value is -1.31. The number of halogens is 1. The van der Waals surface area contributed by atoms with Gasteiger partial charge in [-0.3, -0.25) is 0 Å². The first-order chi connectivity index (χ1) is 9.46. The van der Waals surface area contributed by atoms with E-state index < -0.39 is 10.0 Å². The SMILES string of the molecule is CCN(C(C)c1ccc(F)cc1)S(=O)(=O)c1nccs1. The normalized spacial score (nSPS) is 13.6. The van der Waals surface area contributed by atoms with Crippen molar-refractivity contribution in [1.82, 2.24) is 9.29 Å². The summed E-state index contributed by atoms with van der Waals surface area (Å²) in [6, 6.07) is 5.47. The number of nitrogens with zero attached hydrogens (tertiary/aromatic N) is 2. The van der Waals surface area contributed by atoms with Gasteiger partial charge < -0.3 is 0 Å². The quantitative estimate of drug-likeness (QED) is 0.852. The van der Waals surface area contributed by atoms with Crippen molar-refractivity contribution in [2.75, 3.05) is 6.54 Å². The molecule has 2 aromatic rings. The summed E-state index contributed by atoms with van der Waals surface area (Å²) in [5, 5.41) is 1.63. The van der Waals surface area contributed by atoms with E-state index in [1.165, 1.54) is 22.6 Å². The van der Waals surface area contributed by atoms with Crippen molar-refractivity contribution < 1.29 is 12.8 Å². The average molecular weight is 314 g/mol. The molecule has 0 saturated heterocycles. The van der Waals surface area contributed by atoms with E-state index in [2.05, 4.69) is 4.98 Å². The van der Waals surface area contributed by atoms with E-state index >= 15 is 0 Å². The van der Waals surface area contributed by atoms with Crippen LogP contribution >= 0.6 is 11.3 Å². The van der Waals surface area contributed by atoms with Gasteiger partial charge in [-0.1, -0.05) is 19.1 Å². The predicted molar refractivity (Wildman–Crippen MR) is 76.5 cm³/mol. The van der Waals surface area contributed by atoms with Crippen LogP contribution in [0.4, 0.5) is 4.39 Å². The van der Waals surface area contributed by atoms with Gasteiger partial charge in [-0.2, -0.15) is 4.31 Å². The molecular weight excluding hydrogens is 299 g/mol. The Labute approximate surface area is 121 Å². The maximum Gasteiger partial charge on any atom is 0.270 e. The number of benzene rings is 1. The monoisotopic (exact) mass is 314 g/mol. The second-order valence-corrected chi connectivity index (χ2v) is 7.19. The first-order valence-electron chi connectivity index (χ1n) is 6.13. The molecule has 0 bridgehead atoms. The molecule has 0 spiro atoms. The molecule has 0 aliphatic rings. The van der Waals surface area contributed by atoms with Gasteiger partial charge in [-0.15, -0.1) is 11.3 Å². The molecule has 1 aromatic heterocycles. The van der Waals surface area contributed by atoms with Gasteiger partial charge >= 0.3 is 0 Å². The number of hydrogen-bond donors (Lipinski definition) is 0. The van der Waals surface area contributed by atoms with Crippen molar-refractivity contribution in [3.05, 3.63) is 47.2 Å². The van der Waals surface area contributed by atoms with Crippen LogP contribution in [0.25, 0.3) is 0 Å². The molecule has 1 aromatic carbocycles. The van der Waals surface area contributed by atoms with Crippen LogP contribution < -0.4 is 0 Å². The Kier molecular flexibility index (Phi) is 4.52. The molecule has 0 aliphatic carbocycles. The second kappa shape index (κ2) is 5.99. The van der Waals surface area contributed by atoms with Crippen LogP contribution in [0.1, 0.15) is 25.5 Å².